The molecule has 4 fully saturated rings. The number of unbranched alkanes of at least 4 members (excludes halogenated alkanes) is 6. The molecule has 33 heteroatoms. The molecule has 6 aromatic rings. The van der Waals surface area contributed by atoms with Gasteiger partial charge in [-0.25, -0.2) is 37.4 Å². The van der Waals surface area contributed by atoms with Crippen molar-refractivity contribution in [3.05, 3.63) is 127 Å². The smallest absolute Gasteiger partial charge is 0.277 e. The largest absolute Gasteiger partial charge is 0.485 e. The lowest BCUT2D eigenvalue weighted by Crippen LogP contribution is -2.59. The number of ether oxygens (including phenoxy) is 2. The second-order valence-electron chi connectivity index (χ2n) is 31.5. The molecule has 7 amide bonds. The van der Waals surface area contributed by atoms with Crippen molar-refractivity contribution in [3.63, 3.8) is 0 Å². The van der Waals surface area contributed by atoms with E-state index >= 15 is 0 Å². The van der Waals surface area contributed by atoms with Crippen LogP contribution < -0.4 is 47.3 Å². The van der Waals surface area contributed by atoms with Gasteiger partial charge in [0.1, 0.15) is 54.7 Å². The van der Waals surface area contributed by atoms with Crippen LogP contribution >= 0.6 is 45.3 Å². The number of nitrogens with two attached hydrogens (primary N) is 1. The van der Waals surface area contributed by atoms with E-state index in [-0.39, 0.29) is 114 Å². The SMILES string of the molecule is Cc1ncsc1-c1ccc(CNC(=O)C2C[C@@H](O)CN2C(=O)[C@@H](NC(=O)C2(F)CC2)C(C)(C)C)c(OCC(=O)CCCCCCCCONC(=O)c2ccc(F)c(F)c2Nc2ccc(I)cc2F)c1.Cc1ncsc1-c1ccc(CNC(=O)C2C[C@@H](O)CN2C(=O)[C@@H](NC(=O)C2(F)CC2)C(C)(C)C)c(OCC(=O)CCCCN)c1. The number of aliphatic hydroxyl groups excluding tert-OH is 2. The van der Waals surface area contributed by atoms with Crippen LogP contribution in [0.25, 0.3) is 20.9 Å². The molecule has 0 spiro atoms. The number of hydroxylamine groups is 1. The summed E-state index contributed by atoms with van der Waals surface area (Å²) in [4.78, 5) is 137. The number of thiazole rings is 2. The minimum Gasteiger partial charge on any atom is -0.485 e. The number of Topliss-reactive ketones (excluding diaryl/α,β-unsaturated/α-hetero) is 2. The summed E-state index contributed by atoms with van der Waals surface area (Å²) in [6.07, 6.45) is 4.91. The minimum atomic E-state index is -2.00. The number of benzene rings is 4. The molecule has 2 aromatic heterocycles. The molecular formula is C81H101F5IN11O14S2. The zero-order chi connectivity index (χ0) is 83.0. The number of β-amino-alcohol motifs (C(OH)–C–C–N with tert-alkyl or cyclic N) is 2. The molecule has 4 aromatic carbocycles. The summed E-state index contributed by atoms with van der Waals surface area (Å²) in [6, 6.07) is 12.7. The Balaban J connectivity index is 0.000000285. The van der Waals surface area contributed by atoms with Crippen molar-refractivity contribution in [1.29, 1.82) is 0 Å². The number of aryl methyl sites for hydroxylation is 2. The highest BCUT2D eigenvalue weighted by Gasteiger charge is 2.55. The molecule has 4 heterocycles. The molecule has 2 unspecified atom stereocenters. The van der Waals surface area contributed by atoms with Crippen molar-refractivity contribution >= 4 is 110 Å². The first kappa shape index (κ1) is 89.3. The third kappa shape index (κ3) is 24.3. The zero-order valence-corrected chi connectivity index (χ0v) is 69.0. The molecule has 2 saturated heterocycles. The van der Waals surface area contributed by atoms with Gasteiger partial charge in [0.25, 0.3) is 17.7 Å². The molecule has 2 aliphatic carbocycles. The van der Waals surface area contributed by atoms with Crippen LogP contribution in [0.5, 0.6) is 11.5 Å². The predicted molar refractivity (Wildman–Crippen MR) is 428 cm³/mol. The van der Waals surface area contributed by atoms with Crippen molar-refractivity contribution in [2.45, 2.75) is 219 Å². The van der Waals surface area contributed by atoms with Crippen molar-refractivity contribution < 1.29 is 89.6 Å². The molecule has 114 heavy (non-hydrogen) atoms. The fraction of sp³-hybridized carbons (Fsp3) is 0.519. The number of aromatic nitrogens is 2. The maximum Gasteiger partial charge on any atom is 0.277 e. The van der Waals surface area contributed by atoms with E-state index in [0.29, 0.717) is 58.4 Å². The van der Waals surface area contributed by atoms with Gasteiger partial charge in [0.15, 0.2) is 34.5 Å². The Labute approximate surface area is 681 Å². The molecule has 0 radical (unpaired) electrons. The molecule has 4 aliphatic rings. The number of hydrogen-bond donors (Lipinski definition) is 9. The van der Waals surface area contributed by atoms with E-state index in [4.69, 9.17) is 20.0 Å². The maximum atomic E-state index is 14.7. The Morgan fingerprint density at radius 3 is 1.50 bits per heavy atom. The highest BCUT2D eigenvalue weighted by atomic mass is 127. The lowest BCUT2D eigenvalue weighted by Gasteiger charge is -2.35. The normalized spacial score (nSPS) is 17.8. The van der Waals surface area contributed by atoms with Crippen molar-refractivity contribution in [2.75, 3.05) is 44.8 Å². The standard InChI is InChI=1S/C49H57F4IN6O8S.C32H44FN5O6S/c1-28-42(69-27-56-28)29-12-13-30(24-55-45(64)38-23-33(62)25-60(38)46(65)43(48(2,3)4)58-47(66)49(53)18-19-49)39(21-29)67-26-32(61)11-9-7-5-6-8-10-20-68-59-44(63)34-15-16-35(50)40(52)41(34)57-37-17-14-31(54)22-36(37)51;1-19-26(45-18-36-19)20-8-9-21(25(13-20)44-17-22(39)7-5-6-12-34)15-35-28(41)24-14-23(40)16-38(24)29(42)27(31(2,3)4)37-30(43)32(33)10-11-32/h12-17,21-22,27,33,38,43,57,62H,5-11,18-20,23-26H2,1-4H3,(H,55,64)(H,58,66)(H,59,63);8-9,13,18,23-24,27,40H,5-7,10-12,14-17,34H2,1-4H3,(H,35,41)(H,37,43)/t33-,38?,43-;23-,24?,27-/m11/s1. The molecule has 10 N–H and O–H groups in total. The van der Waals surface area contributed by atoms with Crippen LogP contribution in [-0.4, -0.2) is 170 Å². The number of likely N-dealkylation sites (tertiary alicyclic amines) is 2. The molecule has 2 aliphatic heterocycles. The van der Waals surface area contributed by atoms with Gasteiger partial charge >= 0.3 is 0 Å². The van der Waals surface area contributed by atoms with E-state index < -0.39 is 123 Å². The lowest BCUT2D eigenvalue weighted by molar-refractivity contribution is -0.145. The van der Waals surface area contributed by atoms with Crippen LogP contribution in [0.15, 0.2) is 77.8 Å². The van der Waals surface area contributed by atoms with Gasteiger partial charge in [0, 0.05) is 66.6 Å². The van der Waals surface area contributed by atoms with E-state index in [2.05, 4.69) is 42.0 Å². The van der Waals surface area contributed by atoms with Crippen molar-refractivity contribution in [1.82, 2.24) is 46.5 Å². The summed E-state index contributed by atoms with van der Waals surface area (Å²) in [6.45, 7) is 14.3. The summed E-state index contributed by atoms with van der Waals surface area (Å²) in [5.41, 5.74) is 9.28. The van der Waals surface area contributed by atoms with Gasteiger partial charge in [-0.15, -0.1) is 22.7 Å². The van der Waals surface area contributed by atoms with Crippen molar-refractivity contribution in [2.24, 2.45) is 16.6 Å². The molecule has 10 rings (SSSR count). The third-order valence-corrected chi connectivity index (χ3v) is 22.7. The topological polar surface area (TPSA) is 352 Å². The number of aliphatic hydroxyl groups is 2. The average Bonchev–Trinajstić information content (AvgIpc) is 1.61. The summed E-state index contributed by atoms with van der Waals surface area (Å²) in [5, 5.41) is 34.4. The first-order valence-electron chi connectivity index (χ1n) is 38.2. The van der Waals surface area contributed by atoms with Gasteiger partial charge in [0.2, 0.25) is 23.6 Å². The third-order valence-electron chi connectivity index (χ3n) is 20.1. The Morgan fingerprint density at radius 1 is 0.614 bits per heavy atom. The Hall–Kier alpha value is -8.61. The summed E-state index contributed by atoms with van der Waals surface area (Å²) >= 11 is 4.84. The molecule has 2 saturated carbocycles. The molecular weight excluding hydrogens is 1640 g/mol. The summed E-state index contributed by atoms with van der Waals surface area (Å²) < 4.78 is 84.9. The quantitative estimate of drug-likeness (QED) is 0.00757. The Morgan fingerprint density at radius 2 is 1.07 bits per heavy atom. The highest BCUT2D eigenvalue weighted by molar-refractivity contribution is 14.1. The number of alkyl halides is 2. The van der Waals surface area contributed by atoms with Gasteiger partial charge < -0.3 is 61.8 Å². The van der Waals surface area contributed by atoms with E-state index in [1.54, 1.807) is 70.8 Å². The number of ketones is 2. The second kappa shape index (κ2) is 39.8. The van der Waals surface area contributed by atoms with Crippen LogP contribution in [0.4, 0.5) is 33.3 Å². The number of nitrogens with one attached hydrogen (secondary N) is 6. The number of carbonyl (C=O) groups excluding carboxylic acids is 9. The Bertz CT molecular complexity index is 4450. The number of halogens is 6. The van der Waals surface area contributed by atoms with Crippen LogP contribution in [0.3, 0.4) is 0 Å². The van der Waals surface area contributed by atoms with Crippen LogP contribution in [0.2, 0.25) is 0 Å². The number of anilines is 2. The number of rotatable bonds is 37. The number of carbonyl (C=O) groups is 9. The number of nitrogens with zero attached hydrogens (tertiary/aromatic N) is 4. The lowest BCUT2D eigenvalue weighted by atomic mass is 9.85. The average molecular weight is 1740 g/mol. The molecule has 618 valence electrons. The molecule has 25 nitrogen and oxygen atoms in total. The van der Waals surface area contributed by atoms with Gasteiger partial charge in [0.05, 0.1) is 67.9 Å². The van der Waals surface area contributed by atoms with Crippen LogP contribution in [0, 0.1) is 45.7 Å². The van der Waals surface area contributed by atoms with Crippen LogP contribution in [-0.2, 0) is 56.3 Å². The summed E-state index contributed by atoms with van der Waals surface area (Å²) in [5.74, 6) is -7.35. The summed E-state index contributed by atoms with van der Waals surface area (Å²) in [7, 11) is 0. The Kier molecular flexibility index (Phi) is 31.2. The van der Waals surface area contributed by atoms with Gasteiger partial charge in [-0.2, -0.15) is 0 Å². The van der Waals surface area contributed by atoms with Gasteiger partial charge in [-0.1, -0.05) is 91.5 Å². The zero-order valence-electron chi connectivity index (χ0n) is 65.2. The first-order valence-corrected chi connectivity index (χ1v) is 41.0. The predicted octanol–water partition coefficient (Wildman–Crippen LogP) is 11.3. The van der Waals surface area contributed by atoms with E-state index in [0.717, 1.165) is 76.5 Å². The highest BCUT2D eigenvalue weighted by Crippen LogP contribution is 2.43. The molecule has 6 atom stereocenters. The van der Waals surface area contributed by atoms with Crippen LogP contribution in [0.1, 0.15) is 177 Å². The fourth-order valence-corrected chi connectivity index (χ4v) is 15.1. The first-order chi connectivity index (χ1) is 54.0. The van der Waals surface area contributed by atoms with E-state index in [1.807, 2.05) is 60.7 Å². The van der Waals surface area contributed by atoms with Gasteiger partial charge in [-0.3, -0.25) is 48.0 Å². The van der Waals surface area contributed by atoms with Gasteiger partial charge in [-0.05, 0) is 159 Å². The minimum absolute atomic E-state index is 0.0136. The van der Waals surface area contributed by atoms with E-state index in [1.165, 1.54) is 44.6 Å². The van der Waals surface area contributed by atoms with Crippen molar-refractivity contribution in [3.8, 4) is 32.4 Å². The molecule has 0 bridgehead atoms. The number of hydrogen-bond acceptors (Lipinski definition) is 20. The second-order valence-corrected chi connectivity index (χ2v) is 34.4. The fourth-order valence-electron chi connectivity index (χ4n) is 13.0. The monoisotopic (exact) mass is 1740 g/mol. The van der Waals surface area contributed by atoms with E-state index in [9.17, 15) is 75.3 Å². The number of amides is 7. The maximum absolute atomic E-state index is 14.7.